The Morgan fingerprint density at radius 1 is 1.10 bits per heavy atom. The minimum absolute atomic E-state index is 0.133. The summed E-state index contributed by atoms with van der Waals surface area (Å²) in [5, 5.41) is 0.812. The number of aromatic nitrogens is 1. The number of alkyl halides is 3. The summed E-state index contributed by atoms with van der Waals surface area (Å²) in [6.07, 6.45) is -5.21. The summed E-state index contributed by atoms with van der Waals surface area (Å²) >= 11 is 11.7. The Balaban J connectivity index is 2.40. The Bertz CT molecular complexity index is 629. The minimum atomic E-state index is -4.47. The van der Waals surface area contributed by atoms with Gasteiger partial charge in [0.1, 0.15) is 0 Å². The van der Waals surface area contributed by atoms with Crippen LogP contribution >= 0.6 is 23.2 Å². The maximum absolute atomic E-state index is 12.6. The molecule has 1 atom stereocenters. The number of nitrogens with zero attached hydrogens (tertiary/aromatic N) is 1. The van der Waals surface area contributed by atoms with E-state index in [9.17, 15) is 13.2 Å². The molecule has 2 rings (SSSR count). The molecule has 112 valence electrons. The predicted octanol–water partition coefficient (Wildman–Crippen LogP) is 5.39. The lowest BCUT2D eigenvalue weighted by molar-refractivity contribution is -0.189. The first kappa shape index (κ1) is 15.9. The molecule has 0 amide bonds. The molecule has 0 aliphatic heterocycles. The molecule has 1 heterocycles. The number of hydrogen-bond donors (Lipinski definition) is 0. The fourth-order valence-electron chi connectivity index (χ4n) is 1.59. The number of pyridine rings is 1. The molecule has 0 N–H and O–H groups in total. The van der Waals surface area contributed by atoms with Gasteiger partial charge in [0.25, 0.3) is 0 Å². The van der Waals surface area contributed by atoms with Crippen LogP contribution in [0.25, 0.3) is 11.1 Å². The molecule has 2 nitrogen and oxygen atoms in total. The molecular weight excluding hydrogens is 326 g/mol. The largest absolute Gasteiger partial charge is 0.465 e. The van der Waals surface area contributed by atoms with Crippen LogP contribution in [0.5, 0.6) is 5.88 Å². The second-order valence-corrected chi connectivity index (χ2v) is 5.19. The van der Waals surface area contributed by atoms with Gasteiger partial charge in [-0.15, -0.1) is 0 Å². The fourth-order valence-corrected chi connectivity index (χ4v) is 1.88. The maximum atomic E-state index is 12.6. The van der Waals surface area contributed by atoms with Gasteiger partial charge < -0.3 is 4.74 Å². The van der Waals surface area contributed by atoms with Crippen LogP contribution in [-0.4, -0.2) is 17.3 Å². The number of rotatable bonds is 3. The summed E-state index contributed by atoms with van der Waals surface area (Å²) in [7, 11) is 0. The van der Waals surface area contributed by atoms with Crippen LogP contribution in [0, 0.1) is 0 Å². The quantitative estimate of drug-likeness (QED) is 0.750. The smallest absolute Gasteiger partial charge is 0.425 e. The first-order chi connectivity index (χ1) is 9.77. The van der Waals surface area contributed by atoms with E-state index in [2.05, 4.69) is 4.98 Å². The van der Waals surface area contributed by atoms with Gasteiger partial charge in [-0.2, -0.15) is 13.2 Å². The van der Waals surface area contributed by atoms with Crippen LogP contribution in [0.15, 0.2) is 36.5 Å². The van der Waals surface area contributed by atoms with E-state index in [1.165, 1.54) is 12.3 Å². The first-order valence-electron chi connectivity index (χ1n) is 5.92. The minimum Gasteiger partial charge on any atom is -0.465 e. The van der Waals surface area contributed by atoms with Crippen molar-refractivity contribution in [2.45, 2.75) is 19.2 Å². The van der Waals surface area contributed by atoms with Gasteiger partial charge in [-0.3, -0.25) is 0 Å². The molecule has 0 saturated heterocycles. The van der Waals surface area contributed by atoms with Crippen LogP contribution in [0.3, 0.4) is 0 Å². The molecule has 0 bridgehead atoms. The molecule has 0 saturated carbocycles. The van der Waals surface area contributed by atoms with E-state index in [0.29, 0.717) is 21.2 Å². The van der Waals surface area contributed by atoms with Crippen molar-refractivity contribution in [3.63, 3.8) is 0 Å². The Labute approximate surface area is 129 Å². The van der Waals surface area contributed by atoms with Crippen molar-refractivity contribution in [3.05, 3.63) is 46.6 Å². The summed E-state index contributed by atoms with van der Waals surface area (Å²) in [4.78, 5) is 3.84. The van der Waals surface area contributed by atoms with Gasteiger partial charge in [0.2, 0.25) is 5.88 Å². The zero-order chi connectivity index (χ0) is 15.6. The third kappa shape index (κ3) is 4.02. The lowest BCUT2D eigenvalue weighted by atomic mass is 10.1. The van der Waals surface area contributed by atoms with E-state index < -0.39 is 12.3 Å². The molecule has 2 aromatic rings. The third-order valence-corrected chi connectivity index (χ3v) is 3.18. The van der Waals surface area contributed by atoms with Crippen LogP contribution in [-0.2, 0) is 0 Å². The highest BCUT2D eigenvalue weighted by atomic mass is 35.5. The van der Waals surface area contributed by atoms with Crippen molar-refractivity contribution in [3.8, 4) is 17.0 Å². The van der Waals surface area contributed by atoms with Crippen LogP contribution in [0.1, 0.15) is 6.92 Å². The maximum Gasteiger partial charge on any atom is 0.425 e. The van der Waals surface area contributed by atoms with Gasteiger partial charge >= 0.3 is 6.18 Å². The molecule has 0 spiro atoms. The predicted molar refractivity (Wildman–Crippen MR) is 75.8 cm³/mol. The molecule has 1 aromatic heterocycles. The highest BCUT2D eigenvalue weighted by Crippen LogP contribution is 2.33. The van der Waals surface area contributed by atoms with E-state index in [0.717, 1.165) is 6.92 Å². The monoisotopic (exact) mass is 335 g/mol. The molecule has 0 aliphatic carbocycles. The molecule has 0 aliphatic rings. The van der Waals surface area contributed by atoms with Gasteiger partial charge in [-0.25, -0.2) is 4.98 Å². The van der Waals surface area contributed by atoms with Crippen molar-refractivity contribution in [2.24, 2.45) is 0 Å². The molecular formula is C14H10Cl2F3NO. The SMILES string of the molecule is C[C@H](Oc1ncc(Cl)cc1-c1ccc(Cl)cc1)C(F)(F)F. The van der Waals surface area contributed by atoms with E-state index in [-0.39, 0.29) is 5.88 Å². The molecule has 0 fully saturated rings. The lowest BCUT2D eigenvalue weighted by Gasteiger charge is -2.19. The summed E-state index contributed by atoms with van der Waals surface area (Å²) in [6.45, 7) is 0.919. The van der Waals surface area contributed by atoms with E-state index in [1.54, 1.807) is 24.3 Å². The van der Waals surface area contributed by atoms with Crippen LogP contribution in [0.4, 0.5) is 13.2 Å². The van der Waals surface area contributed by atoms with Crippen molar-refractivity contribution in [2.75, 3.05) is 0 Å². The second kappa shape index (κ2) is 6.12. The molecule has 0 radical (unpaired) electrons. The zero-order valence-corrected chi connectivity index (χ0v) is 12.3. The zero-order valence-electron chi connectivity index (χ0n) is 10.8. The standard InChI is InChI=1S/C14H10Cl2F3NO/c1-8(14(17,18)19)21-13-12(6-11(16)7-20-13)9-2-4-10(15)5-3-9/h2-8H,1H3/t8-/m0/s1. The van der Waals surface area contributed by atoms with Gasteiger partial charge in [-0.05, 0) is 30.7 Å². The van der Waals surface area contributed by atoms with E-state index in [4.69, 9.17) is 27.9 Å². The second-order valence-electron chi connectivity index (χ2n) is 4.31. The van der Waals surface area contributed by atoms with Gasteiger partial charge in [0.05, 0.1) is 5.02 Å². The van der Waals surface area contributed by atoms with Crippen molar-refractivity contribution >= 4 is 23.2 Å². The Hall–Kier alpha value is -1.46. The highest BCUT2D eigenvalue weighted by Gasteiger charge is 2.38. The fraction of sp³-hybridized carbons (Fsp3) is 0.214. The first-order valence-corrected chi connectivity index (χ1v) is 6.68. The average Bonchev–Trinajstić information content (AvgIpc) is 2.40. The summed E-state index contributed by atoms with van der Waals surface area (Å²) < 4.78 is 42.7. The molecule has 0 unspecified atom stereocenters. The average molecular weight is 336 g/mol. The lowest BCUT2D eigenvalue weighted by Crippen LogP contribution is -2.31. The van der Waals surface area contributed by atoms with Crippen molar-refractivity contribution in [1.82, 2.24) is 4.98 Å². The number of ether oxygens (including phenoxy) is 1. The molecule has 7 heteroatoms. The number of benzene rings is 1. The van der Waals surface area contributed by atoms with E-state index >= 15 is 0 Å². The normalized spacial score (nSPS) is 13.0. The highest BCUT2D eigenvalue weighted by molar-refractivity contribution is 6.31. The summed E-state index contributed by atoms with van der Waals surface area (Å²) in [6, 6.07) is 8.04. The van der Waals surface area contributed by atoms with Crippen LogP contribution in [0.2, 0.25) is 10.0 Å². The Morgan fingerprint density at radius 3 is 2.29 bits per heavy atom. The Morgan fingerprint density at radius 2 is 1.71 bits per heavy atom. The Kier molecular flexibility index (Phi) is 4.64. The van der Waals surface area contributed by atoms with Crippen molar-refractivity contribution in [1.29, 1.82) is 0 Å². The van der Waals surface area contributed by atoms with Crippen LogP contribution < -0.4 is 4.74 Å². The van der Waals surface area contributed by atoms with Gasteiger partial charge in [0, 0.05) is 16.8 Å². The van der Waals surface area contributed by atoms with Gasteiger partial charge in [0.15, 0.2) is 6.10 Å². The summed E-state index contributed by atoms with van der Waals surface area (Å²) in [5.74, 6) is -0.133. The number of hydrogen-bond acceptors (Lipinski definition) is 2. The third-order valence-electron chi connectivity index (χ3n) is 2.72. The van der Waals surface area contributed by atoms with Gasteiger partial charge in [-0.1, -0.05) is 35.3 Å². The summed E-state index contributed by atoms with van der Waals surface area (Å²) in [5.41, 5.74) is 0.981. The molecule has 21 heavy (non-hydrogen) atoms. The number of halogens is 5. The van der Waals surface area contributed by atoms with E-state index in [1.807, 2.05) is 0 Å². The topological polar surface area (TPSA) is 22.1 Å². The molecule has 1 aromatic carbocycles. The van der Waals surface area contributed by atoms with Crippen molar-refractivity contribution < 1.29 is 17.9 Å².